The van der Waals surface area contributed by atoms with E-state index in [0.29, 0.717) is 5.78 Å². The van der Waals surface area contributed by atoms with Crippen LogP contribution in [0.2, 0.25) is 0 Å². The molecule has 0 fully saturated rings. The van der Waals surface area contributed by atoms with Gasteiger partial charge in [0.1, 0.15) is 5.75 Å². The molecular formula is C23H17N3O. The highest BCUT2D eigenvalue weighted by molar-refractivity contribution is 5.84. The quantitative estimate of drug-likeness (QED) is 0.447. The third-order valence-corrected chi connectivity index (χ3v) is 4.71. The summed E-state index contributed by atoms with van der Waals surface area (Å²) in [6, 6.07) is 28.5. The first-order valence-corrected chi connectivity index (χ1v) is 8.81. The molecule has 5 aromatic rings. The number of imidazole rings is 1. The van der Waals surface area contributed by atoms with Gasteiger partial charge in [0.2, 0.25) is 5.78 Å². The summed E-state index contributed by atoms with van der Waals surface area (Å²) in [6.45, 7) is 0. The summed E-state index contributed by atoms with van der Waals surface area (Å²) in [7, 11) is 1.68. The number of hydrogen-bond donors (Lipinski definition) is 0. The monoisotopic (exact) mass is 351 g/mol. The van der Waals surface area contributed by atoms with E-state index in [0.717, 1.165) is 39.3 Å². The number of ether oxygens (including phenoxy) is 1. The lowest BCUT2D eigenvalue weighted by Crippen LogP contribution is -1.97. The predicted molar refractivity (Wildman–Crippen MR) is 108 cm³/mol. The van der Waals surface area contributed by atoms with Crippen molar-refractivity contribution in [2.45, 2.75) is 0 Å². The average molecular weight is 351 g/mol. The fraction of sp³-hybridized carbons (Fsp3) is 0.0435. The van der Waals surface area contributed by atoms with Gasteiger partial charge >= 0.3 is 0 Å². The van der Waals surface area contributed by atoms with Gasteiger partial charge in [0, 0.05) is 11.1 Å². The van der Waals surface area contributed by atoms with E-state index in [1.165, 1.54) is 0 Å². The number of hydrogen-bond acceptors (Lipinski definition) is 3. The molecule has 0 spiro atoms. The van der Waals surface area contributed by atoms with Gasteiger partial charge in [0.15, 0.2) is 0 Å². The number of benzene rings is 3. The smallest absolute Gasteiger partial charge is 0.235 e. The molecule has 0 aliphatic heterocycles. The minimum absolute atomic E-state index is 0.690. The van der Waals surface area contributed by atoms with Gasteiger partial charge in [-0.15, -0.1) is 0 Å². The molecule has 0 unspecified atom stereocenters. The van der Waals surface area contributed by atoms with Crippen molar-refractivity contribution in [3.63, 3.8) is 0 Å². The van der Waals surface area contributed by atoms with Crippen molar-refractivity contribution in [1.29, 1.82) is 0 Å². The van der Waals surface area contributed by atoms with Crippen molar-refractivity contribution in [1.82, 2.24) is 14.4 Å². The number of aromatic nitrogens is 3. The first-order chi connectivity index (χ1) is 13.3. The highest BCUT2D eigenvalue weighted by atomic mass is 16.5. The number of nitrogens with zero attached hydrogens (tertiary/aromatic N) is 3. The van der Waals surface area contributed by atoms with Gasteiger partial charge in [-0.1, -0.05) is 54.6 Å². The Morgan fingerprint density at radius 1 is 0.741 bits per heavy atom. The van der Waals surface area contributed by atoms with E-state index in [9.17, 15) is 0 Å². The Labute approximate surface area is 156 Å². The number of methoxy groups -OCH3 is 1. The average Bonchev–Trinajstić information content (AvgIpc) is 3.12. The van der Waals surface area contributed by atoms with Crippen molar-refractivity contribution < 1.29 is 4.74 Å². The molecule has 0 aliphatic carbocycles. The van der Waals surface area contributed by atoms with Crippen LogP contribution in [-0.2, 0) is 0 Å². The van der Waals surface area contributed by atoms with Gasteiger partial charge in [-0.25, -0.2) is 9.97 Å². The molecule has 4 heteroatoms. The third-order valence-electron chi connectivity index (χ3n) is 4.71. The van der Waals surface area contributed by atoms with Crippen LogP contribution in [0.3, 0.4) is 0 Å². The van der Waals surface area contributed by atoms with Crippen molar-refractivity contribution in [3.8, 4) is 28.3 Å². The lowest BCUT2D eigenvalue weighted by Gasteiger charge is -2.11. The Balaban J connectivity index is 1.87. The molecule has 2 heterocycles. The third kappa shape index (κ3) is 2.62. The topological polar surface area (TPSA) is 39.4 Å². The first-order valence-electron chi connectivity index (χ1n) is 8.81. The van der Waals surface area contributed by atoms with Crippen molar-refractivity contribution in [2.24, 2.45) is 0 Å². The SMILES string of the molecule is COc1cccc(-c2cc(-c3ccccc3)nc3nc4ccccc4n23)c1. The number of fused-ring (bicyclic) bond motifs is 3. The maximum absolute atomic E-state index is 5.43. The zero-order chi connectivity index (χ0) is 18.2. The molecule has 0 amide bonds. The summed E-state index contributed by atoms with van der Waals surface area (Å²) >= 11 is 0. The fourth-order valence-electron chi connectivity index (χ4n) is 3.41. The number of rotatable bonds is 3. The van der Waals surface area contributed by atoms with Crippen molar-refractivity contribution in [3.05, 3.63) is 84.9 Å². The Bertz CT molecular complexity index is 1260. The highest BCUT2D eigenvalue weighted by Gasteiger charge is 2.14. The molecule has 0 saturated heterocycles. The second-order valence-electron chi connectivity index (χ2n) is 6.36. The van der Waals surface area contributed by atoms with Gasteiger partial charge in [-0.3, -0.25) is 4.40 Å². The van der Waals surface area contributed by atoms with E-state index >= 15 is 0 Å². The molecule has 0 N–H and O–H groups in total. The summed E-state index contributed by atoms with van der Waals surface area (Å²) in [5.41, 5.74) is 6.03. The van der Waals surface area contributed by atoms with E-state index in [1.807, 2.05) is 54.6 Å². The van der Waals surface area contributed by atoms with Crippen LogP contribution in [0.25, 0.3) is 39.3 Å². The molecule has 130 valence electrons. The summed E-state index contributed by atoms with van der Waals surface area (Å²) in [4.78, 5) is 9.58. The molecule has 0 radical (unpaired) electrons. The maximum Gasteiger partial charge on any atom is 0.235 e. The van der Waals surface area contributed by atoms with E-state index in [-0.39, 0.29) is 0 Å². The standard InChI is InChI=1S/C23H17N3O/c1-27-18-11-7-10-17(14-18)22-15-20(16-8-3-2-4-9-16)25-23-24-19-12-5-6-13-21(19)26(22)23/h2-15H,1H3. The molecule has 4 nitrogen and oxygen atoms in total. The predicted octanol–water partition coefficient (Wildman–Crippen LogP) is 5.23. The van der Waals surface area contributed by atoms with Crippen LogP contribution >= 0.6 is 0 Å². The Hall–Kier alpha value is -3.66. The van der Waals surface area contributed by atoms with Gasteiger partial charge in [-0.2, -0.15) is 0 Å². The van der Waals surface area contributed by atoms with Gasteiger partial charge in [0.05, 0.1) is 29.5 Å². The fourth-order valence-corrected chi connectivity index (χ4v) is 3.41. The van der Waals surface area contributed by atoms with Crippen LogP contribution in [-0.4, -0.2) is 21.5 Å². The van der Waals surface area contributed by atoms with Crippen molar-refractivity contribution >= 4 is 16.8 Å². The van der Waals surface area contributed by atoms with Crippen LogP contribution < -0.4 is 4.74 Å². The normalized spacial score (nSPS) is 11.1. The molecule has 5 rings (SSSR count). The summed E-state index contributed by atoms with van der Waals surface area (Å²) in [6.07, 6.45) is 0. The minimum Gasteiger partial charge on any atom is -0.497 e. The van der Waals surface area contributed by atoms with Gasteiger partial charge in [0.25, 0.3) is 0 Å². The largest absolute Gasteiger partial charge is 0.497 e. The first kappa shape index (κ1) is 15.6. The molecule has 0 bridgehead atoms. The van der Waals surface area contributed by atoms with E-state index in [1.54, 1.807) is 7.11 Å². The summed E-state index contributed by atoms with van der Waals surface area (Å²) in [5.74, 6) is 1.51. The molecule has 0 aliphatic rings. The zero-order valence-electron chi connectivity index (χ0n) is 14.8. The number of para-hydroxylation sites is 2. The lowest BCUT2D eigenvalue weighted by atomic mass is 10.1. The van der Waals surface area contributed by atoms with E-state index in [2.05, 4.69) is 34.7 Å². The lowest BCUT2D eigenvalue weighted by molar-refractivity contribution is 0.415. The molecule has 27 heavy (non-hydrogen) atoms. The molecule has 0 saturated carbocycles. The van der Waals surface area contributed by atoms with Crippen LogP contribution in [0.15, 0.2) is 84.9 Å². The van der Waals surface area contributed by atoms with E-state index < -0.39 is 0 Å². The molecule has 2 aromatic heterocycles. The molecular weight excluding hydrogens is 334 g/mol. The minimum atomic E-state index is 0.690. The van der Waals surface area contributed by atoms with E-state index in [4.69, 9.17) is 14.7 Å². The van der Waals surface area contributed by atoms with Crippen LogP contribution in [0.1, 0.15) is 0 Å². The summed E-state index contributed by atoms with van der Waals surface area (Å²) < 4.78 is 7.54. The second kappa shape index (κ2) is 6.25. The van der Waals surface area contributed by atoms with Crippen LogP contribution in [0.4, 0.5) is 0 Å². The van der Waals surface area contributed by atoms with Crippen molar-refractivity contribution in [2.75, 3.05) is 7.11 Å². The highest BCUT2D eigenvalue weighted by Crippen LogP contribution is 2.30. The van der Waals surface area contributed by atoms with Crippen LogP contribution in [0, 0.1) is 0 Å². The van der Waals surface area contributed by atoms with Gasteiger partial charge in [-0.05, 0) is 30.3 Å². The molecule has 3 aromatic carbocycles. The zero-order valence-corrected chi connectivity index (χ0v) is 14.8. The van der Waals surface area contributed by atoms with Crippen LogP contribution in [0.5, 0.6) is 5.75 Å². The second-order valence-corrected chi connectivity index (χ2v) is 6.36. The molecule has 0 atom stereocenters. The Morgan fingerprint density at radius 3 is 2.37 bits per heavy atom. The summed E-state index contributed by atoms with van der Waals surface area (Å²) in [5, 5.41) is 0. The maximum atomic E-state index is 5.43. The van der Waals surface area contributed by atoms with Gasteiger partial charge < -0.3 is 4.74 Å². The Kier molecular flexibility index (Phi) is 3.61. The Morgan fingerprint density at radius 2 is 1.52 bits per heavy atom.